The van der Waals surface area contributed by atoms with E-state index in [-0.39, 0.29) is 12.1 Å². The second kappa shape index (κ2) is 9.92. The van der Waals surface area contributed by atoms with Crippen LogP contribution in [0.25, 0.3) is 22.0 Å². The van der Waals surface area contributed by atoms with E-state index in [0.717, 1.165) is 16.5 Å². The Morgan fingerprint density at radius 2 is 1.84 bits per heavy atom. The number of fused-ring (bicyclic) bond motifs is 1. The minimum absolute atomic E-state index is 0.0773. The number of ether oxygens (including phenoxy) is 3. The first-order valence-electron chi connectivity index (χ1n) is 10.1. The number of nitrogens with one attached hydrogen (secondary N) is 2. The van der Waals surface area contributed by atoms with Crippen LogP contribution < -0.4 is 20.1 Å². The molecule has 2 atom stereocenters. The highest BCUT2D eigenvalue weighted by molar-refractivity contribution is 6.41. The molecule has 0 amide bonds. The molecule has 1 aliphatic rings. The molecule has 4 rings (SSSR count). The summed E-state index contributed by atoms with van der Waals surface area (Å²) in [6.07, 6.45) is 3.60. The Morgan fingerprint density at radius 3 is 2.53 bits per heavy atom. The summed E-state index contributed by atoms with van der Waals surface area (Å²) in [6.45, 7) is 5.68. The topological polar surface area (TPSA) is 77.5 Å². The Balaban J connectivity index is 1.64. The van der Waals surface area contributed by atoms with Crippen molar-refractivity contribution in [1.29, 1.82) is 0 Å². The van der Waals surface area contributed by atoms with Crippen molar-refractivity contribution in [1.82, 2.24) is 15.3 Å². The lowest BCUT2D eigenvalue weighted by Gasteiger charge is -2.19. The van der Waals surface area contributed by atoms with Crippen LogP contribution in [0.5, 0.6) is 11.5 Å². The van der Waals surface area contributed by atoms with Gasteiger partial charge in [-0.1, -0.05) is 35.3 Å². The van der Waals surface area contributed by atoms with Crippen LogP contribution in [0.1, 0.15) is 0 Å². The molecule has 0 spiro atoms. The number of nitrogens with zero attached hydrogens (tertiary/aromatic N) is 2. The molecule has 0 radical (unpaired) electrons. The van der Waals surface area contributed by atoms with Crippen LogP contribution >= 0.6 is 23.2 Å². The third-order valence-corrected chi connectivity index (χ3v) is 6.11. The van der Waals surface area contributed by atoms with Gasteiger partial charge in [-0.3, -0.25) is 0 Å². The first-order valence-corrected chi connectivity index (χ1v) is 10.9. The predicted octanol–water partition coefficient (Wildman–Crippen LogP) is 4.58. The average Bonchev–Trinajstić information content (AvgIpc) is 3.24. The van der Waals surface area contributed by atoms with Crippen LogP contribution in [-0.4, -0.2) is 56.0 Å². The number of anilines is 1. The Labute approximate surface area is 196 Å². The maximum Gasteiger partial charge on any atom is 0.223 e. The normalized spacial score (nSPS) is 18.0. The summed E-state index contributed by atoms with van der Waals surface area (Å²) in [7, 11) is 3.10. The van der Waals surface area contributed by atoms with E-state index in [1.165, 1.54) is 0 Å². The van der Waals surface area contributed by atoms with Crippen molar-refractivity contribution >= 4 is 40.1 Å². The van der Waals surface area contributed by atoms with Gasteiger partial charge in [0, 0.05) is 29.8 Å². The largest absolute Gasteiger partial charge is 0.495 e. The standard InChI is InChI=1S/C23H24Cl2N4O3/c1-4-7-26-16-11-32-12-17(16)29-23-27-10-14-8-13(5-6-15(14)28-23)20-21(24)18(30-2)9-19(31-3)22(20)25/h4-6,8-10,16-17,26H,1,7,11-12H2,2-3H3,(H,27,28,29). The zero-order valence-electron chi connectivity index (χ0n) is 17.8. The maximum atomic E-state index is 6.57. The third-order valence-electron chi connectivity index (χ3n) is 5.36. The Hall–Kier alpha value is -2.58. The molecular formula is C23H24Cl2N4O3. The monoisotopic (exact) mass is 474 g/mol. The van der Waals surface area contributed by atoms with Crippen molar-refractivity contribution in [3.63, 3.8) is 0 Å². The molecule has 0 aliphatic carbocycles. The molecule has 32 heavy (non-hydrogen) atoms. The van der Waals surface area contributed by atoms with Crippen molar-refractivity contribution in [2.45, 2.75) is 12.1 Å². The summed E-state index contributed by atoms with van der Waals surface area (Å²) >= 11 is 13.1. The van der Waals surface area contributed by atoms with E-state index in [9.17, 15) is 0 Å². The number of hydrogen-bond acceptors (Lipinski definition) is 7. The number of aromatic nitrogens is 2. The van der Waals surface area contributed by atoms with Crippen LogP contribution in [0.2, 0.25) is 10.0 Å². The Kier molecular flexibility index (Phi) is 7.01. The molecule has 2 aromatic carbocycles. The second-order valence-corrected chi connectivity index (χ2v) is 8.10. The smallest absolute Gasteiger partial charge is 0.223 e. The number of halogens is 2. The summed E-state index contributed by atoms with van der Waals surface area (Å²) in [4.78, 5) is 9.15. The zero-order chi connectivity index (χ0) is 22.7. The fourth-order valence-electron chi connectivity index (χ4n) is 3.70. The van der Waals surface area contributed by atoms with Gasteiger partial charge in [-0.2, -0.15) is 0 Å². The summed E-state index contributed by atoms with van der Waals surface area (Å²) in [5.41, 5.74) is 2.24. The van der Waals surface area contributed by atoms with Gasteiger partial charge in [0.25, 0.3) is 0 Å². The van der Waals surface area contributed by atoms with E-state index in [4.69, 9.17) is 37.4 Å². The lowest BCUT2D eigenvalue weighted by molar-refractivity contribution is 0.189. The zero-order valence-corrected chi connectivity index (χ0v) is 19.3. The van der Waals surface area contributed by atoms with Gasteiger partial charge in [0.15, 0.2) is 0 Å². The lowest BCUT2D eigenvalue weighted by atomic mass is 10.0. The van der Waals surface area contributed by atoms with Gasteiger partial charge in [-0.15, -0.1) is 6.58 Å². The molecule has 2 N–H and O–H groups in total. The Morgan fingerprint density at radius 1 is 1.12 bits per heavy atom. The molecule has 1 aliphatic heterocycles. The van der Waals surface area contributed by atoms with Crippen molar-refractivity contribution < 1.29 is 14.2 Å². The van der Waals surface area contributed by atoms with Gasteiger partial charge in [-0.25, -0.2) is 9.97 Å². The summed E-state index contributed by atoms with van der Waals surface area (Å²) < 4.78 is 16.4. The lowest BCUT2D eigenvalue weighted by Crippen LogP contribution is -2.43. The van der Waals surface area contributed by atoms with Gasteiger partial charge in [0.05, 0.1) is 55.1 Å². The molecule has 7 nitrogen and oxygen atoms in total. The van der Waals surface area contributed by atoms with Crippen molar-refractivity contribution in [2.24, 2.45) is 0 Å². The molecule has 9 heteroatoms. The minimum atomic E-state index is 0.0773. The van der Waals surface area contributed by atoms with E-state index in [1.54, 1.807) is 26.5 Å². The van der Waals surface area contributed by atoms with Gasteiger partial charge in [0.1, 0.15) is 11.5 Å². The molecule has 0 bridgehead atoms. The van der Waals surface area contributed by atoms with E-state index >= 15 is 0 Å². The molecule has 2 unspecified atom stereocenters. The van der Waals surface area contributed by atoms with Crippen molar-refractivity contribution in [3.8, 4) is 22.6 Å². The number of benzene rings is 2. The van der Waals surface area contributed by atoms with Gasteiger partial charge < -0.3 is 24.8 Å². The molecule has 3 aromatic rings. The molecule has 1 saturated heterocycles. The van der Waals surface area contributed by atoms with E-state index in [0.29, 0.717) is 52.8 Å². The van der Waals surface area contributed by atoms with E-state index in [2.05, 4.69) is 27.2 Å². The number of methoxy groups -OCH3 is 2. The molecule has 168 valence electrons. The van der Waals surface area contributed by atoms with Crippen LogP contribution in [0.15, 0.2) is 43.1 Å². The SMILES string of the molecule is C=CCNC1COCC1Nc1ncc2cc(-c3c(Cl)c(OC)cc(OC)c3Cl)ccc2n1. The number of hydrogen-bond donors (Lipinski definition) is 2. The van der Waals surface area contributed by atoms with E-state index < -0.39 is 0 Å². The molecule has 2 heterocycles. The highest BCUT2D eigenvalue weighted by atomic mass is 35.5. The quantitative estimate of drug-likeness (QED) is 0.462. The molecule has 0 saturated carbocycles. The van der Waals surface area contributed by atoms with Gasteiger partial charge in [0.2, 0.25) is 5.95 Å². The number of rotatable bonds is 8. The first-order chi connectivity index (χ1) is 15.5. The summed E-state index contributed by atoms with van der Waals surface area (Å²) in [6, 6.07) is 7.68. The Bertz CT molecular complexity index is 1110. The third kappa shape index (κ3) is 4.47. The average molecular weight is 475 g/mol. The van der Waals surface area contributed by atoms with Gasteiger partial charge in [-0.05, 0) is 17.7 Å². The highest BCUT2D eigenvalue weighted by Gasteiger charge is 2.28. The summed E-state index contributed by atoms with van der Waals surface area (Å²) in [5.74, 6) is 1.51. The minimum Gasteiger partial charge on any atom is -0.495 e. The second-order valence-electron chi connectivity index (χ2n) is 7.34. The maximum absolute atomic E-state index is 6.57. The summed E-state index contributed by atoms with van der Waals surface area (Å²) in [5, 5.41) is 8.43. The van der Waals surface area contributed by atoms with Crippen LogP contribution in [-0.2, 0) is 4.74 Å². The van der Waals surface area contributed by atoms with Gasteiger partial charge >= 0.3 is 0 Å². The predicted molar refractivity (Wildman–Crippen MR) is 128 cm³/mol. The van der Waals surface area contributed by atoms with Crippen LogP contribution in [0, 0.1) is 0 Å². The van der Waals surface area contributed by atoms with Crippen LogP contribution in [0.4, 0.5) is 5.95 Å². The highest BCUT2D eigenvalue weighted by Crippen LogP contribution is 2.46. The van der Waals surface area contributed by atoms with Crippen molar-refractivity contribution in [3.05, 3.63) is 53.2 Å². The van der Waals surface area contributed by atoms with Crippen LogP contribution in [0.3, 0.4) is 0 Å². The fourth-order valence-corrected chi connectivity index (χ4v) is 4.41. The van der Waals surface area contributed by atoms with E-state index in [1.807, 2.05) is 24.3 Å². The molecular weight excluding hydrogens is 451 g/mol. The molecule has 1 aromatic heterocycles. The molecule has 1 fully saturated rings. The first kappa shape index (κ1) is 22.6. The fraction of sp³-hybridized carbons (Fsp3) is 0.304. The van der Waals surface area contributed by atoms with Crippen molar-refractivity contribution in [2.75, 3.05) is 39.3 Å².